The zero-order chi connectivity index (χ0) is 19.4. The van der Waals surface area contributed by atoms with Gasteiger partial charge in [-0.25, -0.2) is 0 Å². The maximum Gasteiger partial charge on any atom is 0.0387 e. The number of benzene rings is 1. The molecule has 1 heterocycles. The molecule has 0 aliphatic carbocycles. The summed E-state index contributed by atoms with van der Waals surface area (Å²) in [5.41, 5.74) is 4.69. The predicted octanol–water partition coefficient (Wildman–Crippen LogP) is 7.41. The van der Waals surface area contributed by atoms with Crippen LogP contribution in [0.4, 0.5) is 5.69 Å². The molecule has 0 bridgehead atoms. The van der Waals surface area contributed by atoms with E-state index in [1.807, 2.05) is 36.9 Å². The van der Waals surface area contributed by atoms with Crippen molar-refractivity contribution < 1.29 is 0 Å². The lowest BCUT2D eigenvalue weighted by Crippen LogP contribution is -2.33. The molecule has 0 amide bonds. The van der Waals surface area contributed by atoms with Crippen LogP contribution in [0.5, 0.6) is 0 Å². The van der Waals surface area contributed by atoms with Crippen LogP contribution < -0.4 is 5.32 Å². The monoisotopic (exact) mass is 365 g/mol. The molecular formula is C24H31NS. The molecule has 1 N–H and O–H groups in total. The van der Waals surface area contributed by atoms with Gasteiger partial charge in [0.05, 0.1) is 0 Å². The molecule has 0 saturated carbocycles. The highest BCUT2D eigenvalue weighted by atomic mass is 32.2. The van der Waals surface area contributed by atoms with Crippen molar-refractivity contribution in [3.63, 3.8) is 0 Å². The molecule has 0 unspecified atom stereocenters. The van der Waals surface area contributed by atoms with Gasteiger partial charge in [-0.3, -0.25) is 0 Å². The Morgan fingerprint density at radius 3 is 2.54 bits per heavy atom. The minimum Gasteiger partial charge on any atom is -0.356 e. The third-order valence-corrected chi connectivity index (χ3v) is 5.78. The quantitative estimate of drug-likeness (QED) is 0.527. The summed E-state index contributed by atoms with van der Waals surface area (Å²) < 4.78 is 0.277. The molecule has 0 fully saturated rings. The Morgan fingerprint density at radius 2 is 1.88 bits per heavy atom. The van der Waals surface area contributed by atoms with E-state index in [1.54, 1.807) is 6.08 Å². The maximum atomic E-state index is 4.13. The van der Waals surface area contributed by atoms with Crippen LogP contribution in [0.1, 0.15) is 46.6 Å². The molecule has 2 heteroatoms. The Balaban J connectivity index is 2.16. The lowest BCUT2D eigenvalue weighted by Gasteiger charge is -2.41. The van der Waals surface area contributed by atoms with Gasteiger partial charge in [-0.1, -0.05) is 71.2 Å². The van der Waals surface area contributed by atoms with E-state index >= 15 is 0 Å². The van der Waals surface area contributed by atoms with Crippen LogP contribution in [0.15, 0.2) is 84.0 Å². The van der Waals surface area contributed by atoms with Crippen LogP contribution in [0.3, 0.4) is 0 Å². The summed E-state index contributed by atoms with van der Waals surface area (Å²) in [5, 5.41) is 3.42. The summed E-state index contributed by atoms with van der Waals surface area (Å²) in [6.07, 6.45) is 13.0. The Labute approximate surface area is 163 Å². The number of fused-ring (bicyclic) bond motifs is 1. The van der Waals surface area contributed by atoms with Gasteiger partial charge >= 0.3 is 0 Å². The minimum absolute atomic E-state index is 0.173. The third-order valence-electron chi connectivity index (χ3n) is 4.50. The highest BCUT2D eigenvalue weighted by Crippen LogP contribution is 2.51. The number of allylic oxidation sites excluding steroid dienone is 7. The fourth-order valence-corrected chi connectivity index (χ4v) is 5.18. The van der Waals surface area contributed by atoms with Gasteiger partial charge in [0.25, 0.3) is 0 Å². The molecule has 1 aromatic carbocycles. The smallest absolute Gasteiger partial charge is 0.0387 e. The highest BCUT2D eigenvalue weighted by Gasteiger charge is 2.38. The lowest BCUT2D eigenvalue weighted by molar-refractivity contribution is 0.408. The van der Waals surface area contributed by atoms with Crippen molar-refractivity contribution in [2.24, 2.45) is 0 Å². The fourth-order valence-electron chi connectivity index (χ4n) is 3.57. The first kappa shape index (κ1) is 20.4. The first-order valence-electron chi connectivity index (χ1n) is 9.10. The van der Waals surface area contributed by atoms with E-state index in [9.17, 15) is 0 Å². The van der Waals surface area contributed by atoms with Crippen LogP contribution in [0, 0.1) is 0 Å². The molecule has 1 aliphatic heterocycles. The number of hydrogen-bond acceptors (Lipinski definition) is 2. The summed E-state index contributed by atoms with van der Waals surface area (Å²) in [7, 11) is 0. The van der Waals surface area contributed by atoms with Gasteiger partial charge in [0.2, 0.25) is 0 Å². The van der Waals surface area contributed by atoms with E-state index in [2.05, 4.69) is 76.5 Å². The Kier molecular flexibility index (Phi) is 6.41. The maximum absolute atomic E-state index is 4.13. The van der Waals surface area contributed by atoms with Crippen molar-refractivity contribution in [1.29, 1.82) is 0 Å². The predicted molar refractivity (Wildman–Crippen MR) is 119 cm³/mol. The first-order valence-corrected chi connectivity index (χ1v) is 9.91. The van der Waals surface area contributed by atoms with E-state index in [-0.39, 0.29) is 10.2 Å². The van der Waals surface area contributed by atoms with E-state index in [0.717, 1.165) is 17.0 Å². The summed E-state index contributed by atoms with van der Waals surface area (Å²) in [6, 6.07) is 6.67. The molecule has 0 radical (unpaired) electrons. The molecule has 0 spiro atoms. The Hall–Kier alpha value is -1.93. The van der Waals surface area contributed by atoms with Gasteiger partial charge in [0.1, 0.15) is 0 Å². The minimum atomic E-state index is 0.173. The molecule has 138 valence electrons. The first-order chi connectivity index (χ1) is 12.2. The second kappa shape index (κ2) is 8.18. The molecule has 1 aliphatic rings. The zero-order valence-corrected chi connectivity index (χ0v) is 17.5. The summed E-state index contributed by atoms with van der Waals surface area (Å²) >= 11 is 1.98. The van der Waals surface area contributed by atoms with Gasteiger partial charge in [0.15, 0.2) is 0 Å². The second-order valence-electron chi connectivity index (χ2n) is 8.00. The van der Waals surface area contributed by atoms with Crippen molar-refractivity contribution in [2.75, 3.05) is 5.32 Å². The molecule has 0 aromatic heterocycles. The number of nitrogens with one attached hydrogen (secondary N) is 1. The van der Waals surface area contributed by atoms with Gasteiger partial charge in [-0.05, 0) is 54.2 Å². The van der Waals surface area contributed by atoms with Crippen molar-refractivity contribution in [3.8, 4) is 0 Å². The van der Waals surface area contributed by atoms with Crippen molar-refractivity contribution in [2.45, 2.75) is 56.1 Å². The van der Waals surface area contributed by atoms with Crippen LogP contribution in [-0.2, 0) is 5.41 Å². The summed E-state index contributed by atoms with van der Waals surface area (Å²) in [5.74, 6) is 0. The summed E-state index contributed by atoms with van der Waals surface area (Å²) in [4.78, 5) is 1.39. The van der Waals surface area contributed by atoms with Crippen LogP contribution in [0.2, 0.25) is 0 Å². The standard InChI is InChI=1S/C24H31NS/c1-8-10-11-19(9-2)13-12-18(3)25-20-14-15-22-21(16-20)23(4,5)17-24(6,7)26-22/h8-16,25H,1,3,17H2,2,4-7H3/b11-10-,13-12+,19-9+. The van der Waals surface area contributed by atoms with Crippen molar-refractivity contribution in [1.82, 2.24) is 0 Å². The van der Waals surface area contributed by atoms with Gasteiger partial charge in [-0.2, -0.15) is 0 Å². The molecule has 1 nitrogen and oxygen atoms in total. The Bertz CT molecular complexity index is 775. The second-order valence-corrected chi connectivity index (χ2v) is 9.75. The normalized spacial score (nSPS) is 18.7. The number of rotatable bonds is 6. The van der Waals surface area contributed by atoms with E-state index in [4.69, 9.17) is 0 Å². The van der Waals surface area contributed by atoms with Gasteiger partial charge < -0.3 is 5.32 Å². The molecule has 0 saturated heterocycles. The lowest BCUT2D eigenvalue weighted by atomic mass is 9.77. The van der Waals surface area contributed by atoms with Crippen molar-refractivity contribution in [3.05, 3.63) is 84.6 Å². The average molecular weight is 366 g/mol. The van der Waals surface area contributed by atoms with E-state index in [0.29, 0.717) is 0 Å². The molecule has 1 aromatic rings. The van der Waals surface area contributed by atoms with Crippen LogP contribution in [0.25, 0.3) is 0 Å². The Morgan fingerprint density at radius 1 is 1.15 bits per heavy atom. The van der Waals surface area contributed by atoms with Gasteiger partial charge in [0, 0.05) is 21.0 Å². The topological polar surface area (TPSA) is 12.0 Å². The number of hydrogen-bond donors (Lipinski definition) is 1. The van der Waals surface area contributed by atoms with E-state index in [1.165, 1.54) is 16.9 Å². The third kappa shape index (κ3) is 5.28. The zero-order valence-electron chi connectivity index (χ0n) is 16.7. The molecule has 26 heavy (non-hydrogen) atoms. The number of anilines is 1. The SMILES string of the molecule is C=C\C=C/C(/C=C/C(=C)Nc1ccc2c(c1)C(C)(C)CC(C)(C)S2)=C\C. The highest BCUT2D eigenvalue weighted by molar-refractivity contribution is 8.00. The van der Waals surface area contributed by atoms with E-state index < -0.39 is 0 Å². The van der Waals surface area contributed by atoms with Crippen molar-refractivity contribution >= 4 is 17.4 Å². The van der Waals surface area contributed by atoms with Gasteiger partial charge in [-0.15, -0.1) is 11.8 Å². The average Bonchev–Trinajstić information content (AvgIpc) is 2.54. The van der Waals surface area contributed by atoms with Crippen LogP contribution in [-0.4, -0.2) is 4.75 Å². The molecule has 0 atom stereocenters. The largest absolute Gasteiger partial charge is 0.356 e. The van der Waals surface area contributed by atoms with Crippen LogP contribution >= 0.6 is 11.8 Å². The molecule has 2 rings (SSSR count). The summed E-state index contributed by atoms with van der Waals surface area (Å²) in [6.45, 7) is 19.2. The number of thioether (sulfide) groups is 1. The molecular weight excluding hydrogens is 334 g/mol. The fraction of sp³-hybridized carbons (Fsp3) is 0.333.